The Hall–Kier alpha value is -2.76. The van der Waals surface area contributed by atoms with Gasteiger partial charge in [0, 0.05) is 23.5 Å². The van der Waals surface area contributed by atoms with Crippen LogP contribution in [0.25, 0.3) is 10.9 Å². The summed E-state index contributed by atoms with van der Waals surface area (Å²) in [5.41, 5.74) is 1.94. The van der Waals surface area contributed by atoms with Gasteiger partial charge in [-0.05, 0) is 18.6 Å². The van der Waals surface area contributed by atoms with E-state index >= 15 is 0 Å². The lowest BCUT2D eigenvalue weighted by molar-refractivity contribution is 0.159. The number of fused-ring (bicyclic) bond motifs is 1. The summed E-state index contributed by atoms with van der Waals surface area (Å²) >= 11 is 0. The summed E-state index contributed by atoms with van der Waals surface area (Å²) in [5, 5.41) is 11.1. The van der Waals surface area contributed by atoms with Crippen LogP contribution in [0.15, 0.2) is 35.3 Å². The zero-order chi connectivity index (χ0) is 15.0. The molecule has 2 heterocycles. The Labute approximate surface area is 120 Å². The standard InChI is InChI=1S/C15H15N3O3/c1-9-15(19)18(20)13(14(17-9)21-2)7-10-8-16-12-6-4-3-5-11(10)12/h3-6,8,16,20H,7H2,1-2H3. The van der Waals surface area contributed by atoms with Crippen LogP contribution in [0.2, 0.25) is 0 Å². The van der Waals surface area contributed by atoms with Gasteiger partial charge in [-0.15, -0.1) is 4.73 Å². The number of rotatable bonds is 3. The zero-order valence-corrected chi connectivity index (χ0v) is 11.8. The third-order valence-corrected chi connectivity index (χ3v) is 3.50. The summed E-state index contributed by atoms with van der Waals surface area (Å²) < 4.78 is 5.80. The van der Waals surface area contributed by atoms with Gasteiger partial charge in [0.05, 0.1) is 7.11 Å². The fourth-order valence-electron chi connectivity index (χ4n) is 2.40. The molecule has 6 nitrogen and oxygen atoms in total. The third-order valence-electron chi connectivity index (χ3n) is 3.50. The summed E-state index contributed by atoms with van der Waals surface area (Å²) in [5.74, 6) is 0.250. The average Bonchev–Trinajstić information content (AvgIpc) is 2.91. The van der Waals surface area contributed by atoms with Gasteiger partial charge in [-0.25, -0.2) is 4.98 Å². The number of nitrogens with one attached hydrogen (secondary N) is 1. The molecule has 0 aliphatic carbocycles. The number of H-pyrrole nitrogens is 1. The predicted molar refractivity (Wildman–Crippen MR) is 78.1 cm³/mol. The monoisotopic (exact) mass is 285 g/mol. The predicted octanol–water partition coefficient (Wildman–Crippen LogP) is 1.87. The second kappa shape index (κ2) is 4.97. The Morgan fingerprint density at radius 3 is 2.90 bits per heavy atom. The SMILES string of the molecule is COc1nc(C)c(=O)n(O)c1Cc1c[nH]c2ccccc12. The maximum Gasteiger partial charge on any atom is 0.304 e. The van der Waals surface area contributed by atoms with E-state index < -0.39 is 5.56 Å². The number of hydrogen-bond acceptors (Lipinski definition) is 4. The van der Waals surface area contributed by atoms with Crippen molar-refractivity contribution in [3.63, 3.8) is 0 Å². The smallest absolute Gasteiger partial charge is 0.304 e. The van der Waals surface area contributed by atoms with Gasteiger partial charge in [-0.2, -0.15) is 0 Å². The Morgan fingerprint density at radius 2 is 2.14 bits per heavy atom. The van der Waals surface area contributed by atoms with Crippen molar-refractivity contribution < 1.29 is 9.94 Å². The van der Waals surface area contributed by atoms with E-state index in [9.17, 15) is 10.0 Å². The van der Waals surface area contributed by atoms with Crippen molar-refractivity contribution in [1.82, 2.24) is 14.7 Å². The molecule has 2 aromatic heterocycles. The lowest BCUT2D eigenvalue weighted by atomic mass is 10.1. The van der Waals surface area contributed by atoms with E-state index in [1.54, 1.807) is 0 Å². The lowest BCUT2D eigenvalue weighted by Gasteiger charge is -2.11. The van der Waals surface area contributed by atoms with Crippen LogP contribution in [0.5, 0.6) is 5.88 Å². The van der Waals surface area contributed by atoms with E-state index in [-0.39, 0.29) is 11.6 Å². The molecule has 0 unspecified atom stereocenters. The quantitative estimate of drug-likeness (QED) is 0.720. The van der Waals surface area contributed by atoms with Crippen LogP contribution in [0, 0.1) is 6.92 Å². The van der Waals surface area contributed by atoms with E-state index in [2.05, 4.69) is 9.97 Å². The maximum absolute atomic E-state index is 11.8. The molecule has 0 radical (unpaired) electrons. The van der Waals surface area contributed by atoms with E-state index in [0.29, 0.717) is 16.8 Å². The van der Waals surface area contributed by atoms with Gasteiger partial charge in [0.25, 0.3) is 0 Å². The fraction of sp³-hybridized carbons (Fsp3) is 0.200. The molecule has 21 heavy (non-hydrogen) atoms. The Bertz CT molecular complexity index is 864. The van der Waals surface area contributed by atoms with Crippen LogP contribution in [0.1, 0.15) is 17.0 Å². The Kier molecular flexibility index (Phi) is 3.13. The molecule has 0 aliphatic rings. The van der Waals surface area contributed by atoms with Gasteiger partial charge in [0.1, 0.15) is 11.4 Å². The number of benzene rings is 1. The minimum Gasteiger partial charge on any atom is -0.480 e. The second-order valence-electron chi connectivity index (χ2n) is 4.81. The molecule has 0 atom stereocenters. The summed E-state index contributed by atoms with van der Waals surface area (Å²) in [4.78, 5) is 19.1. The Balaban J connectivity index is 2.14. The number of para-hydroxylation sites is 1. The number of aromatic nitrogens is 3. The molecule has 1 aromatic carbocycles. The van der Waals surface area contributed by atoms with Crippen LogP contribution in [-0.2, 0) is 6.42 Å². The van der Waals surface area contributed by atoms with Crippen molar-refractivity contribution in [2.75, 3.05) is 7.11 Å². The highest BCUT2D eigenvalue weighted by Crippen LogP contribution is 2.23. The van der Waals surface area contributed by atoms with Gasteiger partial charge in [-0.1, -0.05) is 18.2 Å². The van der Waals surface area contributed by atoms with Crippen LogP contribution in [0.3, 0.4) is 0 Å². The first-order valence-electron chi connectivity index (χ1n) is 6.52. The molecule has 0 bridgehead atoms. The van der Waals surface area contributed by atoms with E-state index in [4.69, 9.17) is 4.74 Å². The fourth-order valence-corrected chi connectivity index (χ4v) is 2.40. The van der Waals surface area contributed by atoms with Crippen molar-refractivity contribution in [1.29, 1.82) is 0 Å². The number of aromatic amines is 1. The largest absolute Gasteiger partial charge is 0.480 e. The number of ether oxygens (including phenoxy) is 1. The molecule has 0 saturated heterocycles. The summed E-state index contributed by atoms with van der Waals surface area (Å²) in [6, 6.07) is 7.83. The number of methoxy groups -OCH3 is 1. The topological polar surface area (TPSA) is 80.1 Å². The molecule has 0 spiro atoms. The van der Waals surface area contributed by atoms with E-state index in [1.165, 1.54) is 14.0 Å². The first-order chi connectivity index (χ1) is 10.1. The molecule has 6 heteroatoms. The van der Waals surface area contributed by atoms with Crippen molar-refractivity contribution >= 4 is 10.9 Å². The second-order valence-corrected chi connectivity index (χ2v) is 4.81. The molecule has 0 fully saturated rings. The van der Waals surface area contributed by atoms with Gasteiger partial charge < -0.3 is 14.9 Å². The molecular weight excluding hydrogens is 270 g/mol. The number of hydrogen-bond donors (Lipinski definition) is 2. The number of nitrogens with zero attached hydrogens (tertiary/aromatic N) is 2. The van der Waals surface area contributed by atoms with Gasteiger partial charge in [0.15, 0.2) is 0 Å². The molecule has 0 saturated carbocycles. The van der Waals surface area contributed by atoms with Gasteiger partial charge in [0.2, 0.25) is 5.88 Å². The highest BCUT2D eigenvalue weighted by atomic mass is 16.5. The highest BCUT2D eigenvalue weighted by Gasteiger charge is 2.17. The van der Waals surface area contributed by atoms with Gasteiger partial charge >= 0.3 is 5.56 Å². The van der Waals surface area contributed by atoms with Crippen LogP contribution in [0.4, 0.5) is 0 Å². The van der Waals surface area contributed by atoms with Crippen LogP contribution >= 0.6 is 0 Å². The maximum atomic E-state index is 11.8. The molecular formula is C15H15N3O3. The van der Waals surface area contributed by atoms with E-state index in [0.717, 1.165) is 16.5 Å². The number of aryl methyl sites for hydroxylation is 1. The lowest BCUT2D eigenvalue weighted by Crippen LogP contribution is -2.26. The average molecular weight is 285 g/mol. The Morgan fingerprint density at radius 1 is 1.38 bits per heavy atom. The summed E-state index contributed by atoms with van der Waals surface area (Å²) in [6.45, 7) is 1.53. The summed E-state index contributed by atoms with van der Waals surface area (Å²) in [6.07, 6.45) is 2.20. The molecule has 0 amide bonds. The summed E-state index contributed by atoms with van der Waals surface area (Å²) in [7, 11) is 1.46. The van der Waals surface area contributed by atoms with E-state index in [1.807, 2.05) is 30.5 Å². The molecule has 3 aromatic rings. The first kappa shape index (κ1) is 13.2. The minimum atomic E-state index is -0.536. The zero-order valence-electron chi connectivity index (χ0n) is 11.8. The van der Waals surface area contributed by atoms with Crippen molar-refractivity contribution in [2.45, 2.75) is 13.3 Å². The molecule has 3 rings (SSSR count). The van der Waals surface area contributed by atoms with Crippen molar-refractivity contribution in [3.8, 4) is 5.88 Å². The van der Waals surface area contributed by atoms with Crippen LogP contribution < -0.4 is 10.3 Å². The van der Waals surface area contributed by atoms with Crippen molar-refractivity contribution in [3.05, 3.63) is 57.8 Å². The molecule has 108 valence electrons. The minimum absolute atomic E-state index is 0.192. The molecule has 0 aliphatic heterocycles. The molecule has 2 N–H and O–H groups in total. The third kappa shape index (κ3) is 2.14. The normalized spacial score (nSPS) is 11.0. The van der Waals surface area contributed by atoms with Gasteiger partial charge in [-0.3, -0.25) is 4.79 Å². The first-order valence-corrected chi connectivity index (χ1v) is 6.52. The van der Waals surface area contributed by atoms with Crippen molar-refractivity contribution in [2.24, 2.45) is 0 Å². The highest BCUT2D eigenvalue weighted by molar-refractivity contribution is 5.83. The van der Waals surface area contributed by atoms with Crippen LogP contribution in [-0.4, -0.2) is 27.0 Å².